The van der Waals surface area contributed by atoms with Crippen LogP contribution >= 0.6 is 0 Å². The quantitative estimate of drug-likeness (QED) is 0.195. The Morgan fingerprint density at radius 2 is 1.00 bits per heavy atom. The molecule has 0 saturated heterocycles. The smallest absolute Gasteiger partial charge is 0.159 e. The molecule has 228 valence electrons. The zero-order valence-electron chi connectivity index (χ0n) is 26.6. The van der Waals surface area contributed by atoms with Crippen LogP contribution in [0.2, 0.25) is 0 Å². The van der Waals surface area contributed by atoms with E-state index >= 15 is 0 Å². The third-order valence-electron chi connectivity index (χ3n) is 10.9. The molecule has 0 aliphatic heterocycles. The summed E-state index contributed by atoms with van der Waals surface area (Å²) in [5, 5.41) is 4.70. The van der Waals surface area contributed by atoms with Crippen LogP contribution in [-0.4, -0.2) is 0 Å². The monoisotopic (exact) mass is 623 g/mol. The van der Waals surface area contributed by atoms with Gasteiger partial charge in [0.25, 0.3) is 0 Å². The van der Waals surface area contributed by atoms with Crippen molar-refractivity contribution in [3.05, 3.63) is 198 Å². The van der Waals surface area contributed by atoms with Gasteiger partial charge in [-0.25, -0.2) is 0 Å². The summed E-state index contributed by atoms with van der Waals surface area (Å²) in [6.45, 7) is 0. The zero-order chi connectivity index (χ0) is 32.1. The van der Waals surface area contributed by atoms with E-state index in [1.165, 1.54) is 55.3 Å². The fourth-order valence-corrected chi connectivity index (χ4v) is 8.96. The fourth-order valence-electron chi connectivity index (χ4n) is 8.96. The molecular weight excluding hydrogens is 595 g/mol. The summed E-state index contributed by atoms with van der Waals surface area (Å²) in [7, 11) is 0. The molecule has 2 aliphatic carbocycles. The highest BCUT2D eigenvalue weighted by atomic mass is 16.3. The molecule has 0 radical (unpaired) electrons. The van der Waals surface area contributed by atoms with Crippen molar-refractivity contribution in [2.45, 2.75) is 5.41 Å². The van der Waals surface area contributed by atoms with E-state index < -0.39 is 5.41 Å². The zero-order valence-corrected chi connectivity index (χ0v) is 26.6. The minimum atomic E-state index is -0.415. The van der Waals surface area contributed by atoms with Gasteiger partial charge in [0.2, 0.25) is 0 Å². The first-order valence-electron chi connectivity index (χ1n) is 16.9. The first-order chi connectivity index (χ1) is 24.3. The summed E-state index contributed by atoms with van der Waals surface area (Å²) < 4.78 is 6.80. The summed E-state index contributed by atoms with van der Waals surface area (Å²) in [6.07, 6.45) is 0. The van der Waals surface area contributed by atoms with Crippen LogP contribution in [-0.2, 0) is 5.41 Å². The maximum atomic E-state index is 6.80. The molecule has 0 saturated carbocycles. The molecule has 9 aromatic rings. The number of fused-ring (bicyclic) bond motifs is 15. The highest BCUT2D eigenvalue weighted by molar-refractivity contribution is 6.21. The minimum Gasteiger partial charge on any atom is -0.454 e. The molecule has 1 heterocycles. The molecule has 11 rings (SSSR count). The van der Waals surface area contributed by atoms with Crippen LogP contribution in [0.1, 0.15) is 22.3 Å². The lowest BCUT2D eigenvalue weighted by Crippen LogP contribution is -2.26. The fraction of sp³-hybridized carbons (Fsp3) is 0.0213. The van der Waals surface area contributed by atoms with Crippen molar-refractivity contribution < 1.29 is 4.42 Å². The van der Waals surface area contributed by atoms with Gasteiger partial charge in [-0.15, -0.1) is 0 Å². The van der Waals surface area contributed by atoms with E-state index in [4.69, 9.17) is 4.42 Å². The standard InChI is InChI=1S/C47H29NO/c1-2-14-31(15-3-1)48(43-24-12-20-38-45-33-16-5-4-13-30(33)25-28-44(45)49-46(38)43)32-26-27-37-36-19-8-11-23-41(36)47(42(37)29-32)39-21-9-6-17-34(39)35-18-7-10-22-40(35)47/h1-29H. The third kappa shape index (κ3) is 3.45. The van der Waals surface area contributed by atoms with Crippen LogP contribution in [0.15, 0.2) is 180 Å². The van der Waals surface area contributed by atoms with E-state index in [1.54, 1.807) is 0 Å². The Hall–Kier alpha value is -6.38. The van der Waals surface area contributed by atoms with E-state index in [9.17, 15) is 0 Å². The summed E-state index contributed by atoms with van der Waals surface area (Å²) in [5.41, 5.74) is 15.1. The van der Waals surface area contributed by atoms with Gasteiger partial charge in [-0.05, 0) is 91.7 Å². The van der Waals surface area contributed by atoms with Crippen molar-refractivity contribution in [3.63, 3.8) is 0 Å². The molecule has 8 aromatic carbocycles. The Bertz CT molecular complexity index is 2730. The van der Waals surface area contributed by atoms with Crippen molar-refractivity contribution in [3.8, 4) is 22.3 Å². The molecule has 0 atom stereocenters. The van der Waals surface area contributed by atoms with Gasteiger partial charge in [0.1, 0.15) is 5.58 Å². The largest absolute Gasteiger partial charge is 0.454 e. The van der Waals surface area contributed by atoms with Gasteiger partial charge in [0.15, 0.2) is 5.58 Å². The summed E-state index contributed by atoms with van der Waals surface area (Å²) >= 11 is 0. The number of nitrogens with zero attached hydrogens (tertiary/aromatic N) is 1. The minimum absolute atomic E-state index is 0.415. The lowest BCUT2D eigenvalue weighted by molar-refractivity contribution is 0.669. The lowest BCUT2D eigenvalue weighted by atomic mass is 9.70. The molecule has 0 unspecified atom stereocenters. The Labute approximate surface area is 284 Å². The second-order valence-electron chi connectivity index (χ2n) is 13.2. The molecule has 2 aliphatic rings. The lowest BCUT2D eigenvalue weighted by Gasteiger charge is -2.32. The predicted molar refractivity (Wildman–Crippen MR) is 202 cm³/mol. The molecule has 0 amide bonds. The normalized spacial score (nSPS) is 13.5. The maximum Gasteiger partial charge on any atom is 0.159 e. The van der Waals surface area contributed by atoms with Crippen LogP contribution in [0.5, 0.6) is 0 Å². The number of hydrogen-bond donors (Lipinski definition) is 0. The molecule has 0 N–H and O–H groups in total. The van der Waals surface area contributed by atoms with E-state index in [0.29, 0.717) is 0 Å². The number of rotatable bonds is 3. The summed E-state index contributed by atoms with van der Waals surface area (Å²) in [4.78, 5) is 2.37. The molecule has 1 aromatic heterocycles. The van der Waals surface area contributed by atoms with Gasteiger partial charge < -0.3 is 9.32 Å². The SMILES string of the molecule is c1ccc(N(c2ccc3c(c2)C2(c4ccccc4-c4ccccc42)c2ccccc2-3)c2cccc3c2oc2ccc4ccccc4c23)cc1. The van der Waals surface area contributed by atoms with E-state index in [0.717, 1.165) is 39.0 Å². The van der Waals surface area contributed by atoms with Gasteiger partial charge in [0.05, 0.1) is 11.1 Å². The van der Waals surface area contributed by atoms with Crippen LogP contribution in [0, 0.1) is 0 Å². The van der Waals surface area contributed by atoms with Gasteiger partial charge in [-0.1, -0.05) is 140 Å². The van der Waals surface area contributed by atoms with Crippen molar-refractivity contribution in [1.29, 1.82) is 0 Å². The molecule has 2 heteroatoms. The average Bonchev–Trinajstić information content (AvgIpc) is 3.80. The second kappa shape index (κ2) is 9.82. The third-order valence-corrected chi connectivity index (χ3v) is 10.9. The van der Waals surface area contributed by atoms with Crippen LogP contribution < -0.4 is 4.90 Å². The second-order valence-corrected chi connectivity index (χ2v) is 13.2. The van der Waals surface area contributed by atoms with Crippen molar-refractivity contribution in [1.82, 2.24) is 0 Å². The Kier molecular flexibility index (Phi) is 5.34. The maximum absolute atomic E-state index is 6.80. The Morgan fingerprint density at radius 1 is 0.408 bits per heavy atom. The molecule has 2 nitrogen and oxygen atoms in total. The van der Waals surface area contributed by atoms with Crippen LogP contribution in [0.3, 0.4) is 0 Å². The van der Waals surface area contributed by atoms with Gasteiger partial charge in [-0.3, -0.25) is 0 Å². The first kappa shape index (κ1) is 26.7. The van der Waals surface area contributed by atoms with Crippen LogP contribution in [0.4, 0.5) is 17.1 Å². The number of furan rings is 1. The summed E-state index contributed by atoms with van der Waals surface area (Å²) in [5.74, 6) is 0. The molecule has 0 bridgehead atoms. The number of anilines is 3. The number of hydrogen-bond acceptors (Lipinski definition) is 2. The topological polar surface area (TPSA) is 16.4 Å². The van der Waals surface area contributed by atoms with E-state index in [-0.39, 0.29) is 0 Å². The molecule has 0 fully saturated rings. The predicted octanol–water partition coefficient (Wildman–Crippen LogP) is 12.6. The van der Waals surface area contributed by atoms with Gasteiger partial charge >= 0.3 is 0 Å². The van der Waals surface area contributed by atoms with Crippen molar-refractivity contribution >= 4 is 49.8 Å². The first-order valence-corrected chi connectivity index (χ1v) is 16.9. The van der Waals surface area contributed by atoms with Gasteiger partial charge in [-0.2, -0.15) is 0 Å². The van der Waals surface area contributed by atoms with Crippen molar-refractivity contribution in [2.24, 2.45) is 0 Å². The highest BCUT2D eigenvalue weighted by Crippen LogP contribution is 2.63. The average molecular weight is 624 g/mol. The van der Waals surface area contributed by atoms with Gasteiger partial charge in [0, 0.05) is 22.1 Å². The van der Waals surface area contributed by atoms with E-state index in [1.807, 2.05) is 0 Å². The Morgan fingerprint density at radius 3 is 1.71 bits per heavy atom. The number of para-hydroxylation sites is 2. The summed E-state index contributed by atoms with van der Waals surface area (Å²) in [6, 6.07) is 64.1. The molecular formula is C47H29NO. The van der Waals surface area contributed by atoms with Crippen LogP contribution in [0.25, 0.3) is 55.0 Å². The van der Waals surface area contributed by atoms with Crippen molar-refractivity contribution in [2.75, 3.05) is 4.90 Å². The molecule has 49 heavy (non-hydrogen) atoms. The highest BCUT2D eigenvalue weighted by Gasteiger charge is 2.51. The van der Waals surface area contributed by atoms with E-state index in [2.05, 4.69) is 181 Å². The Balaban J connectivity index is 1.21. The number of benzene rings is 8. The molecule has 1 spiro atoms.